The van der Waals surface area contributed by atoms with Gasteiger partial charge in [0, 0.05) is 71.4 Å². The van der Waals surface area contributed by atoms with Gasteiger partial charge in [-0.05, 0) is 123 Å². The van der Waals surface area contributed by atoms with E-state index in [1.165, 1.54) is 26.0 Å². The maximum atomic E-state index is 14.9. The largest absolute Gasteiger partial charge is 0.508 e. The fourth-order valence-electron chi connectivity index (χ4n) is 13.4. The summed E-state index contributed by atoms with van der Waals surface area (Å²) in [5.74, 6) is -20.4. The molecule has 2 aromatic heterocycles. The van der Waals surface area contributed by atoms with Crippen LogP contribution < -0.4 is 104 Å². The first-order valence-corrected chi connectivity index (χ1v) is 42.3. The first-order chi connectivity index (χ1) is 60.1. The number of phenols is 1. The van der Waals surface area contributed by atoms with Crippen LogP contribution in [-0.2, 0) is 107 Å². The molecule has 2 heterocycles. The minimum absolute atomic E-state index is 0.0546. The van der Waals surface area contributed by atoms with Gasteiger partial charge in [-0.1, -0.05) is 99.1 Å². The summed E-state index contributed by atoms with van der Waals surface area (Å²) in [4.78, 5) is 240. The summed E-state index contributed by atoms with van der Waals surface area (Å²) >= 11 is 8.58. The first kappa shape index (κ1) is 102. The SMILES string of the molecule is CC(C)[C@H](NC(=O)CNC(=O)[C@H](Cc1c[nH]c2ccccc12)NC(=O)[C@H](CCCCN)NC(=O)[C@H](CCCCN)NC(=O)[C@H](CS)NC(=O)[C@H](Cc1c[nH]c2ccccc12)NC(=O)[C@H](Cc1ccc(O)cc1)NC(=O)[C@@H](N)CCCCN)C(=O)N[C@@H](CC(N)=O)C(=O)N[C@@H](CS)C(=O)N[C@@H](CC(=O)O)C(=O)N[C@@H](Cc1ccccc1)C(=O)N[C@@H](CC(N)=O)C(=O)O. The molecule has 6 aromatic rings. The third-order valence-corrected chi connectivity index (χ3v) is 21.0. The number of aromatic amines is 2. The number of benzene rings is 4. The van der Waals surface area contributed by atoms with Crippen molar-refractivity contribution in [3.05, 3.63) is 138 Å². The smallest absolute Gasteiger partial charge is 0.326 e. The highest BCUT2D eigenvalue weighted by molar-refractivity contribution is 7.80. The van der Waals surface area contributed by atoms with Gasteiger partial charge in [0.15, 0.2) is 0 Å². The highest BCUT2D eigenvalue weighted by Crippen LogP contribution is 2.23. The molecule has 41 nitrogen and oxygen atoms in total. The van der Waals surface area contributed by atoms with Crippen LogP contribution in [0.15, 0.2) is 116 Å². The number of aromatic hydroxyl groups is 1. The summed E-state index contributed by atoms with van der Waals surface area (Å²) in [5.41, 5.74) is 37.8. The highest BCUT2D eigenvalue weighted by Gasteiger charge is 2.39. The number of amides is 15. The van der Waals surface area contributed by atoms with Crippen LogP contribution in [0, 0.1) is 5.92 Å². The Balaban J connectivity index is 1.18. The Hall–Kier alpha value is -12.7. The number of H-pyrrole nitrogens is 2. The van der Waals surface area contributed by atoms with Crippen LogP contribution in [0.1, 0.15) is 113 Å². The monoisotopic (exact) mass is 1790 g/mol. The van der Waals surface area contributed by atoms with Gasteiger partial charge in [0.25, 0.3) is 0 Å². The number of nitrogens with one attached hydrogen (secondary N) is 15. The molecule has 6 rings (SSSR count). The molecule has 43 heteroatoms. The van der Waals surface area contributed by atoms with E-state index in [2.05, 4.69) is 104 Å². The molecule has 0 radical (unpaired) electrons. The van der Waals surface area contributed by atoms with E-state index in [9.17, 15) is 96.8 Å². The number of primary amides is 2. The third-order valence-electron chi connectivity index (χ3n) is 20.2. The predicted molar refractivity (Wildman–Crippen MR) is 469 cm³/mol. The Bertz CT molecular complexity index is 4750. The lowest BCUT2D eigenvalue weighted by atomic mass is 10.0. The second-order valence-electron chi connectivity index (χ2n) is 30.5. The lowest BCUT2D eigenvalue weighted by Crippen LogP contribution is -2.61. The molecule has 13 atom stereocenters. The molecular formula is C83H115N21O20S2. The van der Waals surface area contributed by atoms with Gasteiger partial charge in [0.05, 0.1) is 31.8 Å². The van der Waals surface area contributed by atoms with Crippen molar-refractivity contribution in [2.24, 2.45) is 40.3 Å². The molecule has 0 unspecified atom stereocenters. The number of nitrogens with two attached hydrogens (primary N) is 6. The third kappa shape index (κ3) is 33.4. The molecule has 684 valence electrons. The van der Waals surface area contributed by atoms with Crippen molar-refractivity contribution in [1.29, 1.82) is 0 Å². The summed E-state index contributed by atoms with van der Waals surface area (Å²) in [7, 11) is 0. The van der Waals surface area contributed by atoms with E-state index >= 15 is 0 Å². The zero-order chi connectivity index (χ0) is 92.7. The van der Waals surface area contributed by atoms with E-state index in [-0.39, 0.29) is 82.4 Å². The minimum atomic E-state index is -2.02. The zero-order valence-corrected chi connectivity index (χ0v) is 71.5. The average Bonchev–Trinajstić information content (AvgIpc) is 1.66. The average molecular weight is 1790 g/mol. The van der Waals surface area contributed by atoms with Crippen molar-refractivity contribution in [1.82, 2.24) is 79.1 Å². The number of fused-ring (bicyclic) bond motifs is 2. The maximum absolute atomic E-state index is 14.9. The summed E-state index contributed by atoms with van der Waals surface area (Å²) in [6.45, 7) is 2.81. The van der Waals surface area contributed by atoms with E-state index in [4.69, 9.17) is 34.4 Å². The number of aliphatic carboxylic acids is 2. The van der Waals surface area contributed by atoms with Crippen LogP contribution in [0.5, 0.6) is 5.75 Å². The van der Waals surface area contributed by atoms with Crippen molar-refractivity contribution in [3.63, 3.8) is 0 Å². The maximum Gasteiger partial charge on any atom is 0.326 e. The number of carboxylic acids is 2. The molecule has 30 N–H and O–H groups in total. The number of phenolic OH excluding ortho intramolecular Hbond substituents is 1. The Morgan fingerprint density at radius 2 is 0.722 bits per heavy atom. The van der Waals surface area contributed by atoms with E-state index in [0.717, 1.165) is 0 Å². The molecular weight excluding hydrogens is 1680 g/mol. The number of carboxylic acid groups (broad SMARTS) is 2. The topological polar surface area (TPSA) is 695 Å². The summed E-state index contributed by atoms with van der Waals surface area (Å²) in [6, 6.07) is 7.51. The number of hydrogen-bond donors (Lipinski definition) is 26. The number of aromatic nitrogens is 2. The lowest BCUT2D eigenvalue weighted by molar-refractivity contribution is -0.144. The summed E-state index contributed by atoms with van der Waals surface area (Å²) < 4.78 is 0. The standard InChI is InChI=1S/C83H115N21O20S2/c1-44(2)70(82(122)100-61(36-66(88)106)78(118)103-65(43-126)81(121)99-62(38-69(109)110)79(119)96-58(32-45-16-4-3-5-17-45)76(116)101-63(83(123)124)37-67(89)107)104-68(108)41-92-72(112)59(34-47-39-90-53-21-8-6-18-50(47)53)97-74(114)56(24-12-15-31-86)93-73(113)55(23-11-14-30-85)94-80(120)64(42-125)102-77(117)60(35-48-40-91-54-22-9-7-19-51(48)54)98-75(115)57(33-46-25-27-49(105)28-26-46)95-71(111)52(87)20-10-13-29-84/h3-9,16-19,21-22,25-28,39-40,44,52,55-65,70,90-91,105,125-126H,10-15,20,23-24,29-38,41-43,84-87H2,1-2H3,(H2,88,106)(H2,89,107)(H,92,112)(H,93,113)(H,94,120)(H,95,111)(H,96,119)(H,97,114)(H,98,115)(H,99,121)(H,100,122)(H,101,116)(H,102,117)(H,103,118)(H,104,108)(H,109,110)(H,123,124)/t52-,55-,56-,57-,58-,59-,60-,61-,62-,63-,64-,65-,70-/m0/s1. The Morgan fingerprint density at radius 3 is 1.16 bits per heavy atom. The normalized spacial score (nSPS) is 14.3. The fraction of sp³-hybridized carbons (Fsp3) is 0.458. The molecule has 15 amide bonds. The van der Waals surface area contributed by atoms with Gasteiger partial charge in [-0.2, -0.15) is 25.3 Å². The van der Waals surface area contributed by atoms with Crippen molar-refractivity contribution in [2.45, 2.75) is 195 Å². The Morgan fingerprint density at radius 1 is 0.373 bits per heavy atom. The van der Waals surface area contributed by atoms with E-state index in [1.807, 2.05) is 0 Å². The number of rotatable bonds is 56. The highest BCUT2D eigenvalue weighted by atomic mass is 32.1. The van der Waals surface area contributed by atoms with Crippen LogP contribution in [-0.4, -0.2) is 242 Å². The quantitative estimate of drug-likeness (QED) is 0.0128. The van der Waals surface area contributed by atoms with Crippen LogP contribution in [0.3, 0.4) is 0 Å². The molecule has 4 aromatic carbocycles. The van der Waals surface area contributed by atoms with Crippen LogP contribution >= 0.6 is 25.3 Å². The minimum Gasteiger partial charge on any atom is -0.508 e. The van der Waals surface area contributed by atoms with Crippen LogP contribution in [0.2, 0.25) is 0 Å². The predicted octanol–water partition coefficient (Wildman–Crippen LogP) is -3.90. The number of hydrogen-bond acceptors (Lipinski definition) is 24. The molecule has 0 aliphatic rings. The van der Waals surface area contributed by atoms with Gasteiger partial charge in [0.2, 0.25) is 88.6 Å². The number of para-hydroxylation sites is 2. The van der Waals surface area contributed by atoms with Gasteiger partial charge in [0.1, 0.15) is 78.3 Å². The van der Waals surface area contributed by atoms with Gasteiger partial charge < -0.3 is 129 Å². The molecule has 0 saturated heterocycles. The number of thiol groups is 2. The molecule has 0 bridgehead atoms. The van der Waals surface area contributed by atoms with E-state index in [1.54, 1.807) is 103 Å². The Labute approximate surface area is 736 Å². The number of carbonyl (C=O) groups is 17. The van der Waals surface area contributed by atoms with Gasteiger partial charge in [-0.25, -0.2) is 4.79 Å². The van der Waals surface area contributed by atoms with Crippen LogP contribution in [0.25, 0.3) is 21.8 Å². The van der Waals surface area contributed by atoms with Gasteiger partial charge >= 0.3 is 11.9 Å². The van der Waals surface area contributed by atoms with Crippen molar-refractivity contribution >= 4 is 148 Å². The molecule has 0 saturated carbocycles. The van der Waals surface area contributed by atoms with Gasteiger partial charge in [-0.15, -0.1) is 0 Å². The fourth-order valence-corrected chi connectivity index (χ4v) is 13.9. The molecule has 0 aliphatic carbocycles. The number of carbonyl (C=O) groups excluding carboxylic acids is 15. The molecule has 0 aliphatic heterocycles. The summed E-state index contributed by atoms with van der Waals surface area (Å²) in [6.07, 6.45) is 1.98. The first-order valence-electron chi connectivity index (χ1n) is 41.0. The van der Waals surface area contributed by atoms with E-state index in [0.29, 0.717) is 76.3 Å². The van der Waals surface area contributed by atoms with Crippen molar-refractivity contribution in [2.75, 3.05) is 37.7 Å². The van der Waals surface area contributed by atoms with Gasteiger partial charge in [-0.3, -0.25) is 76.7 Å². The Kier molecular flexibility index (Phi) is 42.3. The van der Waals surface area contributed by atoms with E-state index < -0.39 is 217 Å². The molecule has 0 fully saturated rings. The number of unbranched alkanes of at least 4 members (excludes halogenated alkanes) is 3. The second kappa shape index (κ2) is 52.2. The molecule has 0 spiro atoms. The lowest BCUT2D eigenvalue weighted by Gasteiger charge is -2.28. The zero-order valence-electron chi connectivity index (χ0n) is 69.7. The molecule has 126 heavy (non-hydrogen) atoms. The summed E-state index contributed by atoms with van der Waals surface area (Å²) in [5, 5.41) is 63.4. The van der Waals surface area contributed by atoms with Crippen molar-refractivity contribution < 1.29 is 96.8 Å². The second-order valence-corrected chi connectivity index (χ2v) is 31.2. The van der Waals surface area contributed by atoms with Crippen LogP contribution in [0.4, 0.5) is 0 Å². The van der Waals surface area contributed by atoms with Crippen molar-refractivity contribution in [3.8, 4) is 5.75 Å².